The molecule has 0 amide bonds. The fraction of sp³-hybridized carbons (Fsp3) is 0.0800. The van der Waals surface area contributed by atoms with Gasteiger partial charge in [0.2, 0.25) is 0 Å². The zero-order valence-electron chi connectivity index (χ0n) is 45.9. The Hall–Kier alpha value is -10.2. The normalized spacial score (nSPS) is 13.4. The molecule has 9 aromatic carbocycles. The minimum atomic E-state index is -0.673. The summed E-state index contributed by atoms with van der Waals surface area (Å²) in [4.78, 5) is 15.3. The number of hydrogen-bond donors (Lipinski definition) is 0. The van der Waals surface area contributed by atoms with Crippen molar-refractivity contribution in [3.8, 4) is 45.5 Å². The summed E-state index contributed by atoms with van der Waals surface area (Å²) in [7, 11) is 0. The third kappa shape index (κ3) is 8.64. The molecule has 0 N–H and O–H groups in total. The van der Waals surface area contributed by atoms with Crippen molar-refractivity contribution < 1.29 is 4.42 Å². The van der Waals surface area contributed by atoms with Gasteiger partial charge in [0.05, 0.1) is 22.2 Å². The highest BCUT2D eigenvalue weighted by atomic mass is 16.3. The van der Waals surface area contributed by atoms with Crippen LogP contribution in [-0.2, 0) is 5.41 Å². The van der Waals surface area contributed by atoms with Gasteiger partial charge in [-0.3, -0.25) is 0 Å². The minimum absolute atomic E-state index is 0.000710. The molecule has 4 heterocycles. The summed E-state index contributed by atoms with van der Waals surface area (Å²) in [6.45, 7) is 17.3. The van der Waals surface area contributed by atoms with Crippen LogP contribution < -0.4 is 10.6 Å². The minimum Gasteiger partial charge on any atom is -0.456 e. The number of hydrogen-bond acceptors (Lipinski definition) is 4. The van der Waals surface area contributed by atoms with Gasteiger partial charge in [-0.25, -0.2) is 15.0 Å². The van der Waals surface area contributed by atoms with Crippen molar-refractivity contribution in [3.63, 3.8) is 0 Å². The first-order valence-corrected chi connectivity index (χ1v) is 27.7. The van der Waals surface area contributed by atoms with Crippen LogP contribution >= 0.6 is 0 Å². The second kappa shape index (κ2) is 20.9. The van der Waals surface area contributed by atoms with Crippen LogP contribution in [0.15, 0.2) is 248 Å². The highest BCUT2D eigenvalue weighted by Crippen LogP contribution is 2.48. The molecule has 0 fully saturated rings. The van der Waals surface area contributed by atoms with Gasteiger partial charge in [0.1, 0.15) is 11.0 Å². The van der Waals surface area contributed by atoms with Crippen LogP contribution in [0.5, 0.6) is 0 Å². The van der Waals surface area contributed by atoms with E-state index >= 15 is 0 Å². The highest BCUT2D eigenvalue weighted by Gasteiger charge is 2.36. The molecule has 13 aromatic rings. The Morgan fingerprint density at radius 2 is 1.14 bits per heavy atom. The predicted octanol–water partition coefficient (Wildman–Crippen LogP) is 17.6. The van der Waals surface area contributed by atoms with Crippen molar-refractivity contribution in [1.29, 1.82) is 0 Å². The predicted molar refractivity (Wildman–Crippen MR) is 338 cm³/mol. The lowest BCUT2D eigenvalue weighted by Gasteiger charge is -2.35. The van der Waals surface area contributed by atoms with Crippen molar-refractivity contribution in [3.05, 3.63) is 293 Å². The molecule has 4 aromatic heterocycles. The Morgan fingerprint density at radius 1 is 0.519 bits per heavy atom. The van der Waals surface area contributed by atoms with Crippen LogP contribution in [0, 0.1) is 0 Å². The maximum Gasteiger partial charge on any atom is 0.164 e. The van der Waals surface area contributed by atoms with Gasteiger partial charge in [-0.15, -0.1) is 0 Å². The van der Waals surface area contributed by atoms with Gasteiger partial charge < -0.3 is 13.6 Å². The third-order valence-electron chi connectivity index (χ3n) is 16.3. The van der Waals surface area contributed by atoms with E-state index in [0.29, 0.717) is 17.5 Å². The Kier molecular flexibility index (Phi) is 13.0. The molecule has 81 heavy (non-hydrogen) atoms. The van der Waals surface area contributed by atoms with Crippen LogP contribution in [-0.4, -0.2) is 24.1 Å². The lowest BCUT2D eigenvalue weighted by atomic mass is 9.67. The van der Waals surface area contributed by atoms with Crippen LogP contribution in [0.25, 0.3) is 114 Å². The Morgan fingerprint density at radius 3 is 1.80 bits per heavy atom. The summed E-state index contributed by atoms with van der Waals surface area (Å²) in [5.74, 6) is 1.85. The van der Waals surface area contributed by atoms with Gasteiger partial charge in [0.15, 0.2) is 17.5 Å². The van der Waals surface area contributed by atoms with Crippen molar-refractivity contribution in [1.82, 2.24) is 24.1 Å². The van der Waals surface area contributed by atoms with Crippen molar-refractivity contribution in [2.75, 3.05) is 0 Å². The first kappa shape index (κ1) is 50.3. The molecule has 13 rings (SSSR count). The average molecular weight is 1050 g/mol. The zero-order valence-corrected chi connectivity index (χ0v) is 45.9. The van der Waals surface area contributed by atoms with E-state index in [1.807, 2.05) is 91.9 Å². The number of rotatable bonds is 13. The Bertz CT molecular complexity index is 4660. The maximum atomic E-state index is 6.36. The molecule has 0 radical (unpaired) electrons. The Labute approximate surface area is 472 Å². The molecule has 390 valence electrons. The molecule has 0 aliphatic heterocycles. The largest absolute Gasteiger partial charge is 0.456 e. The lowest BCUT2D eigenvalue weighted by Crippen LogP contribution is -2.27. The SMILES string of the molecule is C=C/C=c1\c(=C/C)oc2ccc(-n3c(C=C)c(/C=C\C)c4ccc(C(C)(c5ccccc5)c5cc6c7ccccc7n(-c7cccc(-c8nc(-c9ccccc9)nc(-c9ccccc9)n8)c7)c6cc5C(C)c5ccccc5)cc43)cc12. The van der Waals surface area contributed by atoms with Crippen LogP contribution in [0.2, 0.25) is 0 Å². The van der Waals surface area contributed by atoms with E-state index in [9.17, 15) is 0 Å². The van der Waals surface area contributed by atoms with Gasteiger partial charge in [-0.05, 0) is 115 Å². The summed E-state index contributed by atoms with van der Waals surface area (Å²) >= 11 is 0. The smallest absolute Gasteiger partial charge is 0.164 e. The van der Waals surface area contributed by atoms with Gasteiger partial charge in [-0.2, -0.15) is 0 Å². The number of nitrogens with zero attached hydrogens (tertiary/aromatic N) is 5. The first-order valence-electron chi connectivity index (χ1n) is 27.7. The summed E-state index contributed by atoms with van der Waals surface area (Å²) in [5.41, 5.74) is 17.2. The van der Waals surface area contributed by atoms with Gasteiger partial charge in [-0.1, -0.05) is 208 Å². The number of furan rings is 1. The zero-order chi connectivity index (χ0) is 55.2. The second-order valence-corrected chi connectivity index (χ2v) is 20.8. The average Bonchev–Trinajstić information content (AvgIpc) is 4.37. The quantitative estimate of drug-likeness (QED) is 0.108. The molecular weight excluding hydrogens is 987 g/mol. The molecular formula is C75H59N5O. The molecule has 0 saturated heterocycles. The second-order valence-electron chi connectivity index (χ2n) is 20.8. The standard InChI is InChI=1S/C75H59N5O/c1-7-26-58-60-42-40-55(45-68(60)79(66(58)9-3)57-41-43-71-64(46-57)61(27-8-2)70(10-4)81-71)75(6,54-35-21-14-22-36-54)65-47-63-59-38-23-24-39-67(59)80(69(63)48-62(65)49(5)50-28-15-11-16-29-50)56-37-25-34-53(44-56)74-77-72(51-30-17-12-18-31-51)76-73(78-74)52-32-19-13-20-33-52/h7-49H,2-3H2,1,4-6H3/b26-7-,61-27-,70-10+. The molecule has 6 heteroatoms. The molecule has 2 atom stereocenters. The van der Waals surface area contributed by atoms with Crippen molar-refractivity contribution in [2.45, 2.75) is 39.0 Å². The molecule has 0 bridgehead atoms. The van der Waals surface area contributed by atoms with E-state index in [4.69, 9.17) is 19.4 Å². The highest BCUT2D eigenvalue weighted by molar-refractivity contribution is 6.10. The van der Waals surface area contributed by atoms with E-state index in [1.165, 1.54) is 22.3 Å². The Balaban J connectivity index is 1.06. The van der Waals surface area contributed by atoms with E-state index < -0.39 is 5.41 Å². The monoisotopic (exact) mass is 1050 g/mol. The first-order chi connectivity index (χ1) is 39.8. The van der Waals surface area contributed by atoms with E-state index in [2.05, 4.69) is 213 Å². The summed E-state index contributed by atoms with van der Waals surface area (Å²) in [6, 6.07) is 78.2. The number of aromatic nitrogens is 5. The fourth-order valence-corrected chi connectivity index (χ4v) is 12.2. The van der Waals surface area contributed by atoms with E-state index in [1.54, 1.807) is 0 Å². The number of fused-ring (bicyclic) bond motifs is 5. The van der Waals surface area contributed by atoms with Crippen LogP contribution in [0.3, 0.4) is 0 Å². The van der Waals surface area contributed by atoms with Crippen LogP contribution in [0.4, 0.5) is 0 Å². The third-order valence-corrected chi connectivity index (χ3v) is 16.3. The van der Waals surface area contributed by atoms with Crippen molar-refractivity contribution in [2.24, 2.45) is 0 Å². The van der Waals surface area contributed by atoms with Crippen LogP contribution in [0.1, 0.15) is 72.7 Å². The topological polar surface area (TPSA) is 61.7 Å². The number of benzene rings is 9. The molecule has 0 aliphatic carbocycles. The molecule has 2 unspecified atom stereocenters. The lowest BCUT2D eigenvalue weighted by molar-refractivity contribution is 0.575. The number of para-hydroxylation sites is 1. The van der Waals surface area contributed by atoms with Crippen molar-refractivity contribution >= 4 is 68.0 Å². The number of allylic oxidation sites excluding steroid dienone is 2. The van der Waals surface area contributed by atoms with Gasteiger partial charge in [0, 0.05) is 71.7 Å². The van der Waals surface area contributed by atoms with E-state index in [0.717, 1.165) is 99.2 Å². The summed E-state index contributed by atoms with van der Waals surface area (Å²) < 4.78 is 11.2. The molecule has 0 spiro atoms. The van der Waals surface area contributed by atoms with Gasteiger partial charge in [0.25, 0.3) is 0 Å². The van der Waals surface area contributed by atoms with Gasteiger partial charge >= 0.3 is 0 Å². The maximum absolute atomic E-state index is 6.36. The summed E-state index contributed by atoms with van der Waals surface area (Å²) in [5, 5.41) is 5.49. The fourth-order valence-electron chi connectivity index (χ4n) is 12.2. The van der Waals surface area contributed by atoms with E-state index in [-0.39, 0.29) is 5.92 Å². The molecule has 0 aliphatic rings. The molecule has 0 saturated carbocycles. The summed E-state index contributed by atoms with van der Waals surface area (Å²) in [6.07, 6.45) is 12.2. The molecule has 6 nitrogen and oxygen atoms in total.